The molecular weight excluding hydrogens is 1400 g/mol. The second kappa shape index (κ2) is 27.6. The van der Waals surface area contributed by atoms with Gasteiger partial charge in [-0.1, -0.05) is 291 Å². The Balaban J connectivity index is 0.000000104. The van der Waals surface area contributed by atoms with E-state index in [0.717, 1.165) is 55.3 Å². The van der Waals surface area contributed by atoms with E-state index in [0.29, 0.717) is 0 Å². The molecule has 0 spiro atoms. The summed E-state index contributed by atoms with van der Waals surface area (Å²) in [6.45, 7) is 0. The SMILES string of the molecule is c1ccc(-c2ccc(-n3c4ccccc4c4cc(-c5ccc6oc7ccccc7c6c5)ccc43)cc2)cc1.c1ccc(-c2ccc(-n3c4ccccc4c4ccc(-c5ccc6c(c5)sc5ccccc56)cc43)cc2)cc1.c1ccc(-c2ccc(-n3c4ccccc4c4ccc(-c5ccc6oc7ccccc7c6c5)cc43)cc2)cc1. The van der Waals surface area contributed by atoms with Gasteiger partial charge in [0.25, 0.3) is 0 Å². The van der Waals surface area contributed by atoms with Gasteiger partial charge in [0.05, 0.1) is 33.1 Å². The van der Waals surface area contributed by atoms with E-state index < -0.39 is 0 Å². The van der Waals surface area contributed by atoms with Crippen LogP contribution in [0.25, 0.3) is 213 Å². The van der Waals surface area contributed by atoms with Crippen LogP contribution in [0.1, 0.15) is 0 Å². The zero-order valence-corrected chi connectivity index (χ0v) is 62.7. The van der Waals surface area contributed by atoms with E-state index in [1.807, 2.05) is 35.6 Å². The molecule has 24 rings (SSSR count). The highest BCUT2D eigenvalue weighted by atomic mass is 32.1. The Kier molecular flexibility index (Phi) is 16.0. The largest absolute Gasteiger partial charge is 0.456 e. The topological polar surface area (TPSA) is 41.1 Å². The van der Waals surface area contributed by atoms with Gasteiger partial charge in [-0.3, -0.25) is 0 Å². The van der Waals surface area contributed by atoms with Gasteiger partial charge in [-0.15, -0.1) is 11.3 Å². The average Bonchev–Trinajstić information content (AvgIpc) is 1.59. The van der Waals surface area contributed by atoms with E-state index >= 15 is 0 Å². The van der Waals surface area contributed by atoms with Crippen LogP contribution in [0, 0.1) is 0 Å². The first-order valence-electron chi connectivity index (χ1n) is 38.8. The average molecular weight is 1470 g/mol. The third-order valence-corrected chi connectivity index (χ3v) is 24.0. The zero-order chi connectivity index (χ0) is 75.2. The predicted octanol–water partition coefficient (Wildman–Crippen LogP) is 30.5. The molecular formula is C108H69N3O2S. The molecule has 18 aromatic carbocycles. The number of benzene rings is 18. The van der Waals surface area contributed by atoms with Crippen molar-refractivity contribution in [1.29, 1.82) is 0 Å². The molecule has 534 valence electrons. The maximum Gasteiger partial charge on any atom is 0.135 e. The van der Waals surface area contributed by atoms with Crippen LogP contribution < -0.4 is 0 Å². The Morgan fingerprint density at radius 2 is 0.421 bits per heavy atom. The van der Waals surface area contributed by atoms with Crippen molar-refractivity contribution < 1.29 is 8.83 Å². The second-order valence-electron chi connectivity index (χ2n) is 29.4. The molecule has 0 N–H and O–H groups in total. The number of hydrogen-bond donors (Lipinski definition) is 0. The lowest BCUT2D eigenvalue weighted by Gasteiger charge is -2.10. The second-order valence-corrected chi connectivity index (χ2v) is 30.5. The van der Waals surface area contributed by atoms with E-state index in [1.54, 1.807) is 0 Å². The van der Waals surface area contributed by atoms with E-state index in [9.17, 15) is 0 Å². The molecule has 0 amide bonds. The molecule has 0 aliphatic rings. The minimum atomic E-state index is 0.920. The Morgan fingerprint density at radius 1 is 0.149 bits per heavy atom. The van der Waals surface area contributed by atoms with Crippen molar-refractivity contribution >= 4 is 141 Å². The maximum atomic E-state index is 6.07. The van der Waals surface area contributed by atoms with E-state index in [4.69, 9.17) is 8.83 Å². The fourth-order valence-corrected chi connectivity index (χ4v) is 18.4. The summed E-state index contributed by atoms with van der Waals surface area (Å²) in [5.41, 5.74) is 29.1. The summed E-state index contributed by atoms with van der Waals surface area (Å²) < 4.78 is 22.0. The quantitative estimate of drug-likeness (QED) is 0.145. The number of aromatic nitrogens is 3. The van der Waals surface area contributed by atoms with E-state index in [2.05, 4.69) is 408 Å². The third kappa shape index (κ3) is 11.5. The first-order valence-corrected chi connectivity index (χ1v) is 39.6. The molecule has 0 saturated carbocycles. The number of para-hydroxylation sites is 5. The van der Waals surface area contributed by atoms with Crippen LogP contribution in [-0.2, 0) is 0 Å². The number of furan rings is 2. The summed E-state index contributed by atoms with van der Waals surface area (Å²) in [6, 6.07) is 150. The van der Waals surface area contributed by atoms with Gasteiger partial charge in [0, 0.05) is 91.1 Å². The molecule has 114 heavy (non-hydrogen) atoms. The third-order valence-electron chi connectivity index (χ3n) is 22.9. The molecule has 6 heterocycles. The van der Waals surface area contributed by atoms with Gasteiger partial charge >= 0.3 is 0 Å². The highest BCUT2D eigenvalue weighted by molar-refractivity contribution is 7.25. The van der Waals surface area contributed by atoms with Crippen molar-refractivity contribution in [1.82, 2.24) is 13.7 Å². The molecule has 0 radical (unpaired) electrons. The number of thiophene rings is 1. The normalized spacial score (nSPS) is 11.7. The van der Waals surface area contributed by atoms with Gasteiger partial charge in [-0.25, -0.2) is 0 Å². The highest BCUT2D eigenvalue weighted by Gasteiger charge is 2.20. The number of fused-ring (bicyclic) bond motifs is 18. The molecule has 6 heteroatoms. The number of nitrogens with zero attached hydrogens (tertiary/aromatic N) is 3. The first-order chi connectivity index (χ1) is 56.5. The standard InChI is InChI=1S/2C36H23NO.C36H23NS/c1-2-8-24(9-3-1)25-14-18-28(19-15-25)37-33-12-6-4-10-29(33)30-20-16-27(23-34(30)37)26-17-21-36-32(22-26)31-11-5-7-13-35(31)38-36;1-2-8-24(9-3-1)25-14-18-28(19-15-25)37-33-12-6-4-10-29(33)31-22-26(16-20-34(31)37)27-17-21-36-32(23-27)30-11-5-7-13-35(30)38-36;1-2-8-24(9-3-1)25-14-18-28(19-15-25)37-33-12-6-4-10-29(33)30-20-16-26(22-34(30)37)27-17-21-32-31-11-5-7-13-35(31)38-36(32)23-27/h3*1-23H. The minimum absolute atomic E-state index is 0.920. The summed E-state index contributed by atoms with van der Waals surface area (Å²) in [4.78, 5) is 0. The Hall–Kier alpha value is -14.8. The molecule has 0 atom stereocenters. The van der Waals surface area contributed by atoms with Gasteiger partial charge < -0.3 is 22.5 Å². The molecule has 0 fully saturated rings. The summed E-state index contributed by atoms with van der Waals surface area (Å²) in [7, 11) is 0. The Labute approximate surface area is 661 Å². The van der Waals surface area contributed by atoms with Crippen molar-refractivity contribution in [2.45, 2.75) is 0 Å². The van der Waals surface area contributed by atoms with Gasteiger partial charge in [-0.2, -0.15) is 0 Å². The van der Waals surface area contributed by atoms with Gasteiger partial charge in [-0.05, 0) is 194 Å². The monoisotopic (exact) mass is 1470 g/mol. The summed E-state index contributed by atoms with van der Waals surface area (Å²) in [6.07, 6.45) is 0. The molecule has 0 bridgehead atoms. The van der Waals surface area contributed by atoms with Crippen molar-refractivity contribution in [3.05, 3.63) is 419 Å². The van der Waals surface area contributed by atoms with Crippen LogP contribution in [-0.4, -0.2) is 13.7 Å². The molecule has 6 aromatic heterocycles. The van der Waals surface area contributed by atoms with E-state index in [1.165, 1.54) is 158 Å². The molecule has 0 unspecified atom stereocenters. The Morgan fingerprint density at radius 3 is 0.868 bits per heavy atom. The van der Waals surface area contributed by atoms with Gasteiger partial charge in [0.15, 0.2) is 0 Å². The highest BCUT2D eigenvalue weighted by Crippen LogP contribution is 2.44. The lowest BCUT2D eigenvalue weighted by molar-refractivity contribution is 0.668. The van der Waals surface area contributed by atoms with Crippen LogP contribution in [0.5, 0.6) is 0 Å². The molecule has 0 aliphatic heterocycles. The van der Waals surface area contributed by atoms with Crippen LogP contribution in [0.15, 0.2) is 427 Å². The fraction of sp³-hybridized carbons (Fsp3) is 0. The van der Waals surface area contributed by atoms with Crippen molar-refractivity contribution in [3.8, 4) is 83.8 Å². The summed E-state index contributed by atoms with van der Waals surface area (Å²) in [5.74, 6) is 0. The summed E-state index contributed by atoms with van der Waals surface area (Å²) >= 11 is 1.87. The predicted molar refractivity (Wildman–Crippen MR) is 482 cm³/mol. The smallest absolute Gasteiger partial charge is 0.135 e. The zero-order valence-electron chi connectivity index (χ0n) is 61.9. The van der Waals surface area contributed by atoms with Gasteiger partial charge in [0.1, 0.15) is 22.3 Å². The molecule has 0 saturated heterocycles. The number of rotatable bonds is 9. The maximum absolute atomic E-state index is 6.07. The van der Waals surface area contributed by atoms with Crippen LogP contribution in [0.2, 0.25) is 0 Å². The molecule has 24 aromatic rings. The lowest BCUT2D eigenvalue weighted by Crippen LogP contribution is -1.94. The Bertz CT molecular complexity index is 7800. The van der Waals surface area contributed by atoms with E-state index in [-0.39, 0.29) is 0 Å². The van der Waals surface area contributed by atoms with Crippen molar-refractivity contribution in [2.75, 3.05) is 0 Å². The number of hydrogen-bond acceptors (Lipinski definition) is 3. The van der Waals surface area contributed by atoms with Crippen molar-refractivity contribution in [2.24, 2.45) is 0 Å². The molecule has 5 nitrogen and oxygen atoms in total. The van der Waals surface area contributed by atoms with Crippen LogP contribution in [0.3, 0.4) is 0 Å². The molecule has 0 aliphatic carbocycles. The fourth-order valence-electron chi connectivity index (χ4n) is 17.3. The summed E-state index contributed by atoms with van der Waals surface area (Å²) in [5, 5.41) is 14.9. The van der Waals surface area contributed by atoms with Crippen molar-refractivity contribution in [3.63, 3.8) is 0 Å². The minimum Gasteiger partial charge on any atom is -0.456 e. The lowest BCUT2D eigenvalue weighted by atomic mass is 10.0. The van der Waals surface area contributed by atoms with Crippen LogP contribution in [0.4, 0.5) is 0 Å². The van der Waals surface area contributed by atoms with Gasteiger partial charge in [0.2, 0.25) is 0 Å². The first kappa shape index (κ1) is 66.2. The van der Waals surface area contributed by atoms with Crippen LogP contribution >= 0.6 is 11.3 Å².